The summed E-state index contributed by atoms with van der Waals surface area (Å²) in [7, 11) is 1.54. The lowest BCUT2D eigenvalue weighted by Crippen LogP contribution is -2.56. The van der Waals surface area contributed by atoms with E-state index in [-0.39, 0.29) is 25.1 Å². The molecule has 0 saturated carbocycles. The van der Waals surface area contributed by atoms with Crippen LogP contribution in [0, 0.1) is 11.6 Å². The van der Waals surface area contributed by atoms with Gasteiger partial charge in [-0.1, -0.05) is 30.3 Å². The molecular formula is C24H27F2N3O3. The minimum Gasteiger partial charge on any atom is -0.383 e. The summed E-state index contributed by atoms with van der Waals surface area (Å²) < 4.78 is 32.2. The molecular weight excluding hydrogens is 416 g/mol. The predicted octanol–water partition coefficient (Wildman–Crippen LogP) is 3.41. The number of ether oxygens (including phenoxy) is 1. The first-order chi connectivity index (χ1) is 15.4. The van der Waals surface area contributed by atoms with Crippen LogP contribution in [0.2, 0.25) is 0 Å². The third-order valence-corrected chi connectivity index (χ3v) is 6.34. The molecule has 1 spiro atoms. The van der Waals surface area contributed by atoms with E-state index in [1.165, 1.54) is 24.1 Å². The standard InChI is InChI=1S/C24H27F2N3O3/c1-32-12-11-28-22(30)24(29(23(28)31)17-18-5-3-2-4-6-18)7-9-27(10-8-24)16-19-13-20(25)15-21(26)14-19/h2-6,13-15H,7-12,16-17H2,1H3. The van der Waals surface area contributed by atoms with Gasteiger partial charge in [0.25, 0.3) is 5.91 Å². The Morgan fingerprint density at radius 3 is 2.22 bits per heavy atom. The molecule has 2 heterocycles. The van der Waals surface area contributed by atoms with Crippen molar-refractivity contribution >= 4 is 11.9 Å². The number of piperidine rings is 1. The molecule has 8 heteroatoms. The van der Waals surface area contributed by atoms with Crippen LogP contribution < -0.4 is 0 Å². The van der Waals surface area contributed by atoms with Crippen molar-refractivity contribution in [3.8, 4) is 0 Å². The first kappa shape index (κ1) is 22.4. The quantitative estimate of drug-likeness (QED) is 0.616. The lowest BCUT2D eigenvalue weighted by atomic mass is 9.85. The van der Waals surface area contributed by atoms with E-state index in [1.54, 1.807) is 4.90 Å². The number of amides is 3. The Kier molecular flexibility index (Phi) is 6.53. The number of benzene rings is 2. The van der Waals surface area contributed by atoms with Crippen LogP contribution >= 0.6 is 0 Å². The highest BCUT2D eigenvalue weighted by Gasteiger charge is 2.57. The molecule has 2 saturated heterocycles. The number of nitrogens with zero attached hydrogens (tertiary/aromatic N) is 3. The van der Waals surface area contributed by atoms with E-state index < -0.39 is 17.2 Å². The van der Waals surface area contributed by atoms with Crippen LogP contribution in [0.1, 0.15) is 24.0 Å². The van der Waals surface area contributed by atoms with Gasteiger partial charge in [-0.25, -0.2) is 13.6 Å². The molecule has 0 bridgehead atoms. The van der Waals surface area contributed by atoms with E-state index in [0.29, 0.717) is 44.6 Å². The number of halogens is 2. The average molecular weight is 443 g/mol. The van der Waals surface area contributed by atoms with E-state index in [0.717, 1.165) is 11.6 Å². The summed E-state index contributed by atoms with van der Waals surface area (Å²) in [4.78, 5) is 31.7. The maximum atomic E-state index is 13.6. The predicted molar refractivity (Wildman–Crippen MR) is 115 cm³/mol. The first-order valence-corrected chi connectivity index (χ1v) is 10.8. The molecule has 2 aromatic carbocycles. The first-order valence-electron chi connectivity index (χ1n) is 10.8. The second kappa shape index (κ2) is 9.34. The summed E-state index contributed by atoms with van der Waals surface area (Å²) in [5.41, 5.74) is 0.596. The summed E-state index contributed by atoms with van der Waals surface area (Å²) in [6.45, 7) is 2.32. The Morgan fingerprint density at radius 2 is 1.59 bits per heavy atom. The minimum atomic E-state index is -0.912. The normalized spacial score (nSPS) is 18.7. The number of urea groups is 1. The molecule has 0 radical (unpaired) electrons. The van der Waals surface area contributed by atoms with Crippen molar-refractivity contribution in [3.05, 3.63) is 71.3 Å². The zero-order chi connectivity index (χ0) is 22.7. The van der Waals surface area contributed by atoms with Crippen LogP contribution in [0.3, 0.4) is 0 Å². The van der Waals surface area contributed by atoms with Crippen molar-refractivity contribution in [1.82, 2.24) is 14.7 Å². The van der Waals surface area contributed by atoms with Crippen molar-refractivity contribution < 1.29 is 23.1 Å². The lowest BCUT2D eigenvalue weighted by molar-refractivity contribution is -0.136. The highest BCUT2D eigenvalue weighted by molar-refractivity contribution is 6.07. The van der Waals surface area contributed by atoms with E-state index in [1.807, 2.05) is 30.3 Å². The van der Waals surface area contributed by atoms with Crippen molar-refractivity contribution in [2.45, 2.75) is 31.5 Å². The SMILES string of the molecule is COCCN1C(=O)N(Cc2ccccc2)C2(CCN(Cc3cc(F)cc(F)c3)CC2)C1=O. The van der Waals surface area contributed by atoms with Crippen LogP contribution in [0.4, 0.5) is 13.6 Å². The molecule has 0 atom stereocenters. The summed E-state index contributed by atoms with van der Waals surface area (Å²) in [5.74, 6) is -1.40. The molecule has 2 aromatic rings. The van der Waals surface area contributed by atoms with Gasteiger partial charge in [0.15, 0.2) is 0 Å². The van der Waals surface area contributed by atoms with E-state index in [4.69, 9.17) is 4.74 Å². The second-order valence-corrected chi connectivity index (χ2v) is 8.39. The highest BCUT2D eigenvalue weighted by Crippen LogP contribution is 2.38. The van der Waals surface area contributed by atoms with Gasteiger partial charge >= 0.3 is 6.03 Å². The smallest absolute Gasteiger partial charge is 0.328 e. The van der Waals surface area contributed by atoms with Gasteiger partial charge in [-0.05, 0) is 36.1 Å². The van der Waals surface area contributed by atoms with Crippen LogP contribution in [0.25, 0.3) is 0 Å². The summed E-state index contributed by atoms with van der Waals surface area (Å²) in [5, 5.41) is 0. The number of methoxy groups -OCH3 is 1. The van der Waals surface area contributed by atoms with E-state index >= 15 is 0 Å². The Labute approximate surface area is 186 Å². The van der Waals surface area contributed by atoms with E-state index in [2.05, 4.69) is 4.90 Å². The number of carbonyl (C=O) groups excluding carboxylic acids is 2. The van der Waals surface area contributed by atoms with Crippen LogP contribution in [-0.4, -0.2) is 65.5 Å². The van der Waals surface area contributed by atoms with Gasteiger partial charge in [0.2, 0.25) is 0 Å². The molecule has 32 heavy (non-hydrogen) atoms. The van der Waals surface area contributed by atoms with Crippen molar-refractivity contribution in [2.75, 3.05) is 33.4 Å². The molecule has 0 unspecified atom stereocenters. The molecule has 0 aliphatic carbocycles. The zero-order valence-corrected chi connectivity index (χ0v) is 18.1. The lowest BCUT2D eigenvalue weighted by Gasteiger charge is -2.42. The average Bonchev–Trinajstić information content (AvgIpc) is 2.95. The summed E-state index contributed by atoms with van der Waals surface area (Å²) in [6, 6.07) is 12.8. The highest BCUT2D eigenvalue weighted by atomic mass is 19.1. The zero-order valence-electron chi connectivity index (χ0n) is 18.1. The summed E-state index contributed by atoms with van der Waals surface area (Å²) >= 11 is 0. The van der Waals surface area contributed by atoms with Gasteiger partial charge in [0.1, 0.15) is 17.2 Å². The van der Waals surface area contributed by atoms with Crippen LogP contribution in [-0.2, 0) is 22.6 Å². The van der Waals surface area contributed by atoms with Crippen LogP contribution in [0.15, 0.2) is 48.5 Å². The monoisotopic (exact) mass is 443 g/mol. The second-order valence-electron chi connectivity index (χ2n) is 8.39. The molecule has 2 fully saturated rings. The number of imide groups is 1. The molecule has 0 aromatic heterocycles. The fraction of sp³-hybridized carbons (Fsp3) is 0.417. The van der Waals surface area contributed by atoms with Crippen molar-refractivity contribution in [3.63, 3.8) is 0 Å². The van der Waals surface area contributed by atoms with Gasteiger partial charge in [-0.15, -0.1) is 0 Å². The Hall–Kier alpha value is -2.84. The molecule has 0 N–H and O–H groups in total. The fourth-order valence-electron chi connectivity index (χ4n) is 4.67. The largest absolute Gasteiger partial charge is 0.383 e. The third-order valence-electron chi connectivity index (χ3n) is 6.34. The van der Waals surface area contributed by atoms with E-state index in [9.17, 15) is 18.4 Å². The molecule has 170 valence electrons. The van der Waals surface area contributed by atoms with Gasteiger partial charge < -0.3 is 9.64 Å². The Morgan fingerprint density at radius 1 is 0.938 bits per heavy atom. The summed E-state index contributed by atoms with van der Waals surface area (Å²) in [6.07, 6.45) is 0.928. The fourth-order valence-corrected chi connectivity index (χ4v) is 4.67. The van der Waals surface area contributed by atoms with Gasteiger partial charge in [-0.2, -0.15) is 0 Å². The maximum absolute atomic E-state index is 13.6. The molecule has 4 rings (SSSR count). The molecule has 2 aliphatic heterocycles. The van der Waals surface area contributed by atoms with Gasteiger partial charge in [-0.3, -0.25) is 14.6 Å². The number of rotatable bonds is 7. The third kappa shape index (κ3) is 4.38. The number of carbonyl (C=O) groups is 2. The topological polar surface area (TPSA) is 53.1 Å². The van der Waals surface area contributed by atoms with Crippen LogP contribution in [0.5, 0.6) is 0 Å². The number of hydrogen-bond donors (Lipinski definition) is 0. The Balaban J connectivity index is 1.53. The van der Waals surface area contributed by atoms with Crippen molar-refractivity contribution in [1.29, 1.82) is 0 Å². The molecule has 6 nitrogen and oxygen atoms in total. The van der Waals surface area contributed by atoms with Gasteiger partial charge in [0.05, 0.1) is 13.2 Å². The molecule has 3 amide bonds. The van der Waals surface area contributed by atoms with Crippen molar-refractivity contribution in [2.24, 2.45) is 0 Å². The molecule has 2 aliphatic rings. The maximum Gasteiger partial charge on any atom is 0.328 e. The number of hydrogen-bond acceptors (Lipinski definition) is 4. The minimum absolute atomic E-state index is 0.188. The number of likely N-dealkylation sites (tertiary alicyclic amines) is 1. The Bertz CT molecular complexity index is 957. The van der Waals surface area contributed by atoms with Gasteiger partial charge in [0, 0.05) is 39.4 Å².